The van der Waals surface area contributed by atoms with Crippen molar-refractivity contribution in [1.82, 2.24) is 14.5 Å². The van der Waals surface area contributed by atoms with E-state index < -0.39 is 44.5 Å². The Hall–Kier alpha value is -1.86. The zero-order valence-electron chi connectivity index (χ0n) is 14.5. The van der Waals surface area contributed by atoms with Crippen molar-refractivity contribution < 1.29 is 38.4 Å². The summed E-state index contributed by atoms with van der Waals surface area (Å²) in [6, 6.07) is 0. The number of imidazole rings is 1. The Morgan fingerprint density at radius 2 is 2.15 bits per heavy atom. The Labute approximate surface area is 152 Å². The van der Waals surface area contributed by atoms with Crippen molar-refractivity contribution in [3.8, 4) is 0 Å². The fourth-order valence-electron chi connectivity index (χ4n) is 2.96. The summed E-state index contributed by atoms with van der Waals surface area (Å²) in [5.74, 6) is 0.226. The number of fused-ring (bicyclic) bond motifs is 1. The molecule has 0 amide bonds. The van der Waals surface area contributed by atoms with Crippen LogP contribution in [0.1, 0.15) is 13.2 Å². The highest BCUT2D eigenvalue weighted by atomic mass is 31.2. The van der Waals surface area contributed by atoms with Gasteiger partial charge in [0.25, 0.3) is 11.5 Å². The van der Waals surface area contributed by atoms with Crippen LogP contribution >= 0.6 is 7.82 Å². The van der Waals surface area contributed by atoms with E-state index in [0.29, 0.717) is 6.54 Å². The lowest BCUT2D eigenvalue weighted by Crippen LogP contribution is -2.46. The molecule has 0 aromatic carbocycles. The summed E-state index contributed by atoms with van der Waals surface area (Å²) >= 11 is 0. The molecule has 3 heterocycles. The normalized spacial score (nSPS) is 26.0. The lowest BCUT2D eigenvalue weighted by Gasteiger charge is -2.14. The number of rotatable bonds is 6. The fourth-order valence-corrected chi connectivity index (χ4v) is 3.30. The van der Waals surface area contributed by atoms with Crippen LogP contribution in [0.4, 0.5) is 5.95 Å². The van der Waals surface area contributed by atoms with Crippen molar-refractivity contribution >= 4 is 24.9 Å². The topological polar surface area (TPSA) is 183 Å². The van der Waals surface area contributed by atoms with Gasteiger partial charge in [0, 0.05) is 6.54 Å². The third-order valence-electron chi connectivity index (χ3n) is 4.13. The first kappa shape index (κ1) is 19.9. The van der Waals surface area contributed by atoms with Crippen LogP contribution in [0.3, 0.4) is 0 Å². The molecule has 0 saturated carbocycles. The van der Waals surface area contributed by atoms with E-state index in [1.54, 1.807) is 7.05 Å². The molecule has 4 atom stereocenters. The van der Waals surface area contributed by atoms with Gasteiger partial charge in [-0.05, 0) is 6.92 Å². The average Bonchev–Trinajstić information content (AvgIpc) is 3.04. The van der Waals surface area contributed by atoms with E-state index in [1.807, 2.05) is 6.92 Å². The predicted molar refractivity (Wildman–Crippen MR) is 89.6 cm³/mol. The molecule has 1 saturated heterocycles. The minimum atomic E-state index is -4.76. The van der Waals surface area contributed by atoms with E-state index in [1.165, 1.54) is 15.5 Å². The summed E-state index contributed by atoms with van der Waals surface area (Å²) in [5.41, 5.74) is 0.00786. The van der Waals surface area contributed by atoms with Crippen LogP contribution in [-0.2, 0) is 20.9 Å². The van der Waals surface area contributed by atoms with Crippen LogP contribution in [0.2, 0.25) is 0 Å². The molecule has 1 fully saturated rings. The Balaban J connectivity index is 1.97. The quantitative estimate of drug-likeness (QED) is 0.225. The average molecular weight is 406 g/mol. The van der Waals surface area contributed by atoms with Crippen LogP contribution in [0.25, 0.3) is 11.2 Å². The molecular weight excluding hydrogens is 385 g/mol. The molecule has 2 aromatic rings. The maximum absolute atomic E-state index is 12.3. The molecular formula is C13H21N5O8P+. The van der Waals surface area contributed by atoms with Crippen molar-refractivity contribution in [2.24, 2.45) is 7.05 Å². The molecule has 0 bridgehead atoms. The number of ether oxygens (including phenoxy) is 1. The van der Waals surface area contributed by atoms with Crippen molar-refractivity contribution in [3.63, 3.8) is 0 Å². The Morgan fingerprint density at radius 3 is 2.78 bits per heavy atom. The lowest BCUT2D eigenvalue weighted by atomic mass is 10.1. The predicted octanol–water partition coefficient (Wildman–Crippen LogP) is -2.29. The van der Waals surface area contributed by atoms with Gasteiger partial charge in [0.05, 0.1) is 13.7 Å². The van der Waals surface area contributed by atoms with Crippen molar-refractivity contribution in [1.29, 1.82) is 0 Å². The first-order chi connectivity index (χ1) is 12.6. The van der Waals surface area contributed by atoms with Gasteiger partial charge in [-0.3, -0.25) is 18.9 Å². The van der Waals surface area contributed by atoms with Crippen LogP contribution in [0, 0.1) is 0 Å². The van der Waals surface area contributed by atoms with Crippen LogP contribution in [-0.4, -0.2) is 66.0 Å². The molecule has 1 aliphatic rings. The zero-order chi connectivity index (χ0) is 19.9. The molecule has 150 valence electrons. The number of aliphatic hydroxyl groups is 2. The van der Waals surface area contributed by atoms with Gasteiger partial charge in [0.15, 0.2) is 6.33 Å². The summed E-state index contributed by atoms with van der Waals surface area (Å²) in [4.78, 5) is 36.8. The second-order valence-corrected chi connectivity index (χ2v) is 7.32. The van der Waals surface area contributed by atoms with Gasteiger partial charge in [-0.1, -0.05) is 4.98 Å². The summed E-state index contributed by atoms with van der Waals surface area (Å²) in [6.45, 7) is 1.72. The summed E-state index contributed by atoms with van der Waals surface area (Å²) < 4.78 is 23.6. The highest BCUT2D eigenvalue weighted by molar-refractivity contribution is 7.46. The van der Waals surface area contributed by atoms with Gasteiger partial charge in [0.2, 0.25) is 11.7 Å². The van der Waals surface area contributed by atoms with Crippen LogP contribution < -0.4 is 15.4 Å². The van der Waals surface area contributed by atoms with Gasteiger partial charge in [0.1, 0.15) is 18.3 Å². The maximum Gasteiger partial charge on any atom is 0.469 e. The molecule has 1 aliphatic heterocycles. The summed E-state index contributed by atoms with van der Waals surface area (Å²) in [6.07, 6.45) is -3.75. The molecule has 2 aromatic heterocycles. The summed E-state index contributed by atoms with van der Waals surface area (Å²) in [5, 5.41) is 23.4. The highest BCUT2D eigenvalue weighted by Gasteiger charge is 2.47. The second-order valence-electron chi connectivity index (χ2n) is 6.08. The van der Waals surface area contributed by atoms with Crippen molar-refractivity contribution in [2.45, 2.75) is 31.5 Å². The van der Waals surface area contributed by atoms with E-state index in [2.05, 4.69) is 19.8 Å². The number of hydrogen-bond donors (Lipinski definition) is 6. The van der Waals surface area contributed by atoms with Gasteiger partial charge >= 0.3 is 13.5 Å². The number of aromatic nitrogens is 4. The Bertz CT molecular complexity index is 939. The summed E-state index contributed by atoms with van der Waals surface area (Å²) in [7, 11) is -3.16. The number of aryl methyl sites for hydroxylation is 1. The molecule has 3 rings (SSSR count). The van der Waals surface area contributed by atoms with Gasteiger partial charge in [-0.15, -0.1) is 0 Å². The van der Waals surface area contributed by atoms with E-state index in [9.17, 15) is 19.6 Å². The third-order valence-corrected chi connectivity index (χ3v) is 4.62. The standard InChI is InChI=1S/C13H20N5O8P/c1-3-14-13-15-10-7(11(21)16-13)17(2)5-18(10)12-9(20)8(19)6(26-12)4-25-27(22,23)24/h5-6,8-9,12,19-20H,3-4H2,1-2H3,(H3-,14,15,16,21,22,23,24)/p+1/t6-,8-,9-,12-/m1/s1. The minimum Gasteiger partial charge on any atom is -0.387 e. The number of nitrogens with one attached hydrogen (secondary N) is 2. The van der Waals surface area contributed by atoms with Crippen LogP contribution in [0.5, 0.6) is 0 Å². The third kappa shape index (κ3) is 3.89. The second kappa shape index (κ2) is 7.28. The number of aliphatic hydroxyl groups excluding tert-OH is 2. The zero-order valence-corrected chi connectivity index (χ0v) is 15.4. The van der Waals surface area contributed by atoms with Crippen LogP contribution in [0.15, 0.2) is 11.1 Å². The molecule has 6 N–H and O–H groups in total. The molecule has 0 spiro atoms. The Morgan fingerprint density at radius 1 is 1.44 bits per heavy atom. The largest absolute Gasteiger partial charge is 0.469 e. The minimum absolute atomic E-state index is 0.199. The number of phosphoric ester groups is 1. The van der Waals surface area contributed by atoms with Gasteiger partial charge in [-0.2, -0.15) is 0 Å². The van der Waals surface area contributed by atoms with E-state index in [0.717, 1.165) is 0 Å². The van der Waals surface area contributed by atoms with E-state index in [4.69, 9.17) is 14.5 Å². The van der Waals surface area contributed by atoms with E-state index in [-0.39, 0.29) is 17.1 Å². The number of nitrogens with zero attached hydrogens (tertiary/aromatic N) is 3. The maximum atomic E-state index is 12.3. The molecule has 14 heteroatoms. The molecule has 0 unspecified atom stereocenters. The number of H-pyrrole nitrogens is 1. The van der Waals surface area contributed by atoms with E-state index >= 15 is 0 Å². The monoisotopic (exact) mass is 406 g/mol. The SMILES string of the molecule is CCNc1nc2c(c(=O)[nH]1)n(C)c[n+]2[C@@H]1O[C@H](COP(=O)(O)O)[C@@H](O)[C@H]1O. The first-order valence-electron chi connectivity index (χ1n) is 8.08. The number of aromatic amines is 1. The molecule has 0 radical (unpaired) electrons. The van der Waals surface area contributed by atoms with Crippen molar-refractivity contribution in [3.05, 3.63) is 16.7 Å². The fraction of sp³-hybridized carbons (Fsp3) is 0.615. The first-order valence-corrected chi connectivity index (χ1v) is 9.61. The van der Waals surface area contributed by atoms with Crippen molar-refractivity contribution in [2.75, 3.05) is 18.5 Å². The Kier molecular flexibility index (Phi) is 5.36. The number of anilines is 1. The smallest absolute Gasteiger partial charge is 0.387 e. The highest BCUT2D eigenvalue weighted by Crippen LogP contribution is 2.37. The molecule has 27 heavy (non-hydrogen) atoms. The lowest BCUT2D eigenvalue weighted by molar-refractivity contribution is -0.745. The number of hydrogen-bond acceptors (Lipinski definition) is 8. The van der Waals surface area contributed by atoms with Gasteiger partial charge < -0.3 is 30.1 Å². The van der Waals surface area contributed by atoms with Gasteiger partial charge in [-0.25, -0.2) is 9.13 Å². The molecule has 0 aliphatic carbocycles. The number of phosphoric acid groups is 1. The molecule has 13 nitrogen and oxygen atoms in total.